The molecule has 4 heterocycles. The second-order valence-corrected chi connectivity index (χ2v) is 9.15. The van der Waals surface area contributed by atoms with Crippen molar-refractivity contribution in [2.45, 2.75) is 23.5 Å². The summed E-state index contributed by atoms with van der Waals surface area (Å²) in [5.74, 6) is -0.496. The molecule has 34 heavy (non-hydrogen) atoms. The van der Waals surface area contributed by atoms with Crippen molar-refractivity contribution in [3.63, 3.8) is 0 Å². The highest BCUT2D eigenvalue weighted by Gasteiger charge is 2.41. The number of benzene rings is 1. The third-order valence-electron chi connectivity index (χ3n) is 6.23. The van der Waals surface area contributed by atoms with Gasteiger partial charge in [-0.2, -0.15) is 0 Å². The molecule has 3 aromatic rings. The van der Waals surface area contributed by atoms with E-state index in [1.54, 1.807) is 29.3 Å². The molecule has 5 rings (SSSR count). The Morgan fingerprint density at radius 2 is 1.91 bits per heavy atom. The zero-order chi connectivity index (χ0) is 23.9. The molecule has 2 saturated heterocycles. The van der Waals surface area contributed by atoms with Crippen LogP contribution < -0.4 is 10.5 Å². The Balaban J connectivity index is 1.45. The molecule has 0 bridgehead atoms. The maximum absolute atomic E-state index is 13.3. The van der Waals surface area contributed by atoms with Gasteiger partial charge in [0.2, 0.25) is 5.88 Å². The number of pyridine rings is 2. The average molecular weight is 485 g/mol. The minimum atomic E-state index is -2.26. The summed E-state index contributed by atoms with van der Waals surface area (Å²) >= 11 is -2.26. The second-order valence-electron chi connectivity index (χ2n) is 8.21. The number of methoxy groups -OCH3 is 1. The van der Waals surface area contributed by atoms with Crippen LogP contribution in [0.15, 0.2) is 41.4 Å². The summed E-state index contributed by atoms with van der Waals surface area (Å²) in [4.78, 5) is 23.6. The number of fused-ring (bicyclic) bond motifs is 1. The molecule has 0 aliphatic carbocycles. The molecule has 1 spiro atoms. The Labute approximate surface area is 198 Å². The van der Waals surface area contributed by atoms with Crippen LogP contribution in [0.25, 0.3) is 22.0 Å². The standard InChI is InChI=1S/C23H24N4O6S/c1-31-21-19(34(29)30)12-16(13-25-21)14-2-3-18-15(10-14)11-17(20(24)26-18)22(28)27-6-4-23(5-7-27)32-8-9-33-23/h2-3,10-13H,4-9H2,1H3,(H2,24,26)(H,29,30). The summed E-state index contributed by atoms with van der Waals surface area (Å²) in [7, 11) is 1.39. The largest absolute Gasteiger partial charge is 0.480 e. The number of amides is 1. The first-order valence-electron chi connectivity index (χ1n) is 10.8. The SMILES string of the molecule is COc1ncc(-c2ccc3nc(N)c(C(=O)N4CCC5(CC4)OCCO5)cc3c2)cc1S(=O)O. The Hall–Kier alpha value is -3.12. The van der Waals surface area contributed by atoms with Gasteiger partial charge in [0.25, 0.3) is 5.91 Å². The number of anilines is 1. The van der Waals surface area contributed by atoms with Gasteiger partial charge in [-0.3, -0.25) is 4.79 Å². The van der Waals surface area contributed by atoms with Crippen LogP contribution in [-0.2, 0) is 20.6 Å². The van der Waals surface area contributed by atoms with Gasteiger partial charge in [-0.05, 0) is 29.8 Å². The summed E-state index contributed by atoms with van der Waals surface area (Å²) in [5, 5.41) is 0.716. The molecule has 1 aromatic carbocycles. The van der Waals surface area contributed by atoms with Gasteiger partial charge < -0.3 is 29.4 Å². The fourth-order valence-corrected chi connectivity index (χ4v) is 4.93. The number of nitrogens with zero attached hydrogens (tertiary/aromatic N) is 3. The van der Waals surface area contributed by atoms with Crippen molar-refractivity contribution in [1.29, 1.82) is 0 Å². The van der Waals surface area contributed by atoms with Crippen LogP contribution in [0.5, 0.6) is 5.88 Å². The van der Waals surface area contributed by atoms with Gasteiger partial charge in [0.05, 0.1) is 31.4 Å². The molecule has 3 N–H and O–H groups in total. The van der Waals surface area contributed by atoms with Gasteiger partial charge in [-0.15, -0.1) is 0 Å². The molecule has 2 aliphatic rings. The molecule has 1 atom stereocenters. The van der Waals surface area contributed by atoms with E-state index in [2.05, 4.69) is 9.97 Å². The Morgan fingerprint density at radius 3 is 2.59 bits per heavy atom. The molecule has 11 heteroatoms. The van der Waals surface area contributed by atoms with Crippen molar-refractivity contribution >= 4 is 33.7 Å². The fourth-order valence-electron chi connectivity index (χ4n) is 4.42. The minimum absolute atomic E-state index is 0.0736. The summed E-state index contributed by atoms with van der Waals surface area (Å²) in [6.07, 6.45) is 2.79. The lowest BCUT2D eigenvalue weighted by atomic mass is 10.0. The monoisotopic (exact) mass is 484 g/mol. The van der Waals surface area contributed by atoms with Crippen molar-refractivity contribution in [2.24, 2.45) is 0 Å². The number of rotatable bonds is 4. The van der Waals surface area contributed by atoms with Gasteiger partial charge in [0, 0.05) is 43.1 Å². The van der Waals surface area contributed by atoms with Gasteiger partial charge in [0.1, 0.15) is 10.7 Å². The molecular weight excluding hydrogens is 460 g/mol. The van der Waals surface area contributed by atoms with Crippen LogP contribution in [0.2, 0.25) is 0 Å². The van der Waals surface area contributed by atoms with Crippen LogP contribution >= 0.6 is 0 Å². The number of nitrogens with two attached hydrogens (primary N) is 1. The maximum atomic E-state index is 13.3. The van der Waals surface area contributed by atoms with Gasteiger partial charge in [-0.25, -0.2) is 14.2 Å². The number of aromatic nitrogens is 2. The van der Waals surface area contributed by atoms with E-state index >= 15 is 0 Å². The van der Waals surface area contributed by atoms with Crippen molar-refractivity contribution in [3.8, 4) is 17.0 Å². The van der Waals surface area contributed by atoms with Crippen molar-refractivity contribution in [1.82, 2.24) is 14.9 Å². The third-order valence-corrected chi connectivity index (χ3v) is 6.90. The van der Waals surface area contributed by atoms with E-state index in [0.717, 1.165) is 5.56 Å². The van der Waals surface area contributed by atoms with Crippen LogP contribution in [0.4, 0.5) is 5.82 Å². The third kappa shape index (κ3) is 4.11. The lowest BCUT2D eigenvalue weighted by Crippen LogP contribution is -2.47. The van der Waals surface area contributed by atoms with E-state index in [1.165, 1.54) is 7.11 Å². The quantitative estimate of drug-likeness (QED) is 0.535. The Kier molecular flexibility index (Phi) is 5.94. The van der Waals surface area contributed by atoms with E-state index in [-0.39, 0.29) is 22.5 Å². The predicted octanol–water partition coefficient (Wildman–Crippen LogP) is 2.45. The number of carbonyl (C=O) groups excluding carboxylic acids is 1. The molecular formula is C23H24N4O6S. The molecule has 2 aliphatic heterocycles. The zero-order valence-electron chi connectivity index (χ0n) is 18.5. The minimum Gasteiger partial charge on any atom is -0.480 e. The first-order chi connectivity index (χ1) is 16.4. The summed E-state index contributed by atoms with van der Waals surface area (Å²) in [6.45, 7) is 2.18. The van der Waals surface area contributed by atoms with Crippen molar-refractivity contribution in [2.75, 3.05) is 39.1 Å². The maximum Gasteiger partial charge on any atom is 0.257 e. The highest BCUT2D eigenvalue weighted by atomic mass is 32.2. The van der Waals surface area contributed by atoms with Crippen LogP contribution in [0.3, 0.4) is 0 Å². The van der Waals surface area contributed by atoms with E-state index in [1.807, 2.05) is 12.1 Å². The predicted molar refractivity (Wildman–Crippen MR) is 125 cm³/mol. The van der Waals surface area contributed by atoms with E-state index in [4.69, 9.17) is 19.9 Å². The number of hydrogen-bond acceptors (Lipinski definition) is 8. The Morgan fingerprint density at radius 1 is 1.18 bits per heavy atom. The van der Waals surface area contributed by atoms with Gasteiger partial charge >= 0.3 is 0 Å². The molecule has 0 saturated carbocycles. The fraction of sp³-hybridized carbons (Fsp3) is 0.348. The molecule has 178 valence electrons. The van der Waals surface area contributed by atoms with E-state index in [9.17, 15) is 13.6 Å². The summed E-state index contributed by atoms with van der Waals surface area (Å²) < 4.78 is 37.8. The number of nitrogen functional groups attached to an aromatic ring is 1. The second kappa shape index (κ2) is 8.91. The lowest BCUT2D eigenvalue weighted by Gasteiger charge is -2.37. The lowest BCUT2D eigenvalue weighted by molar-refractivity contribution is -0.181. The van der Waals surface area contributed by atoms with E-state index < -0.39 is 16.9 Å². The first-order valence-corrected chi connectivity index (χ1v) is 11.9. The van der Waals surface area contributed by atoms with Crippen LogP contribution in [-0.4, -0.2) is 68.7 Å². The van der Waals surface area contributed by atoms with Gasteiger partial charge in [0.15, 0.2) is 16.9 Å². The van der Waals surface area contributed by atoms with E-state index in [0.29, 0.717) is 61.2 Å². The number of likely N-dealkylation sites (tertiary alicyclic amines) is 1. The normalized spacial score (nSPS) is 18.4. The molecule has 1 unspecified atom stereocenters. The molecule has 2 aromatic heterocycles. The topological polar surface area (TPSA) is 137 Å². The number of piperidine rings is 1. The highest BCUT2D eigenvalue weighted by molar-refractivity contribution is 7.79. The first kappa shape index (κ1) is 22.7. The van der Waals surface area contributed by atoms with Crippen molar-refractivity contribution in [3.05, 3.63) is 42.1 Å². The molecule has 10 nitrogen and oxygen atoms in total. The van der Waals surface area contributed by atoms with Gasteiger partial charge in [-0.1, -0.05) is 6.07 Å². The zero-order valence-corrected chi connectivity index (χ0v) is 19.3. The average Bonchev–Trinajstić information content (AvgIpc) is 3.30. The van der Waals surface area contributed by atoms with Crippen LogP contribution in [0, 0.1) is 0 Å². The molecule has 0 radical (unpaired) electrons. The van der Waals surface area contributed by atoms with Crippen LogP contribution in [0.1, 0.15) is 23.2 Å². The summed E-state index contributed by atoms with van der Waals surface area (Å²) in [5.41, 5.74) is 8.49. The highest BCUT2D eigenvalue weighted by Crippen LogP contribution is 2.33. The molecule has 1 amide bonds. The number of ether oxygens (including phenoxy) is 3. The Bertz CT molecular complexity index is 1280. The smallest absolute Gasteiger partial charge is 0.257 e. The number of hydrogen-bond donors (Lipinski definition) is 2. The summed E-state index contributed by atoms with van der Waals surface area (Å²) in [6, 6.07) is 8.73. The van der Waals surface area contributed by atoms with Crippen molar-refractivity contribution < 1.29 is 27.8 Å². The molecule has 2 fully saturated rings. The number of carbonyl (C=O) groups is 1.